The van der Waals surface area contributed by atoms with Crippen LogP contribution in [-0.4, -0.2) is 11.2 Å². The molecule has 3 heteroatoms. The smallest absolute Gasteiger partial charge is 0.124 e. The standard InChI is InChI=1S/C17H24BrFO/c1-12(2)11-17(5-3-4-6-17)16(20)9-13-7-14(18)10-15(19)8-13/h7-8,10,12,16,20H,3-6,9,11H2,1-2H3. The molecule has 1 fully saturated rings. The molecule has 0 bridgehead atoms. The van der Waals surface area contributed by atoms with E-state index in [1.165, 1.54) is 25.0 Å². The van der Waals surface area contributed by atoms with Gasteiger partial charge in [-0.05, 0) is 60.8 Å². The van der Waals surface area contributed by atoms with E-state index in [9.17, 15) is 9.50 Å². The second kappa shape index (κ2) is 6.57. The van der Waals surface area contributed by atoms with Crippen molar-refractivity contribution in [3.8, 4) is 0 Å². The molecule has 1 aliphatic carbocycles. The Morgan fingerprint density at radius 1 is 1.25 bits per heavy atom. The molecule has 0 aromatic heterocycles. The Kier molecular flexibility index (Phi) is 5.25. The van der Waals surface area contributed by atoms with Gasteiger partial charge in [-0.2, -0.15) is 0 Å². The summed E-state index contributed by atoms with van der Waals surface area (Å²) in [5, 5.41) is 10.7. The van der Waals surface area contributed by atoms with E-state index in [0.717, 1.165) is 29.3 Å². The third-order valence-electron chi connectivity index (χ3n) is 4.47. The van der Waals surface area contributed by atoms with Gasteiger partial charge in [0.1, 0.15) is 5.82 Å². The average Bonchev–Trinajstić information content (AvgIpc) is 2.76. The highest BCUT2D eigenvalue weighted by atomic mass is 79.9. The topological polar surface area (TPSA) is 20.2 Å². The number of aliphatic hydroxyl groups is 1. The molecule has 0 saturated heterocycles. The van der Waals surface area contributed by atoms with Crippen LogP contribution < -0.4 is 0 Å². The molecule has 1 aromatic carbocycles. The highest BCUT2D eigenvalue weighted by Crippen LogP contribution is 2.46. The Bertz CT molecular complexity index is 432. The van der Waals surface area contributed by atoms with Gasteiger partial charge in [0.25, 0.3) is 0 Å². The summed E-state index contributed by atoms with van der Waals surface area (Å²) in [4.78, 5) is 0. The van der Waals surface area contributed by atoms with Crippen molar-refractivity contribution in [2.24, 2.45) is 11.3 Å². The Hall–Kier alpha value is -0.410. The van der Waals surface area contributed by atoms with Crippen LogP contribution in [0.2, 0.25) is 0 Å². The minimum atomic E-state index is -0.374. The van der Waals surface area contributed by atoms with Crippen molar-refractivity contribution < 1.29 is 9.50 Å². The normalized spacial score (nSPS) is 19.5. The van der Waals surface area contributed by atoms with E-state index in [1.807, 2.05) is 6.07 Å². The van der Waals surface area contributed by atoms with Crippen molar-refractivity contribution in [1.82, 2.24) is 0 Å². The van der Waals surface area contributed by atoms with Gasteiger partial charge in [-0.15, -0.1) is 0 Å². The van der Waals surface area contributed by atoms with Gasteiger partial charge < -0.3 is 5.11 Å². The van der Waals surface area contributed by atoms with E-state index in [4.69, 9.17) is 0 Å². The molecule has 0 radical (unpaired) electrons. The first kappa shape index (κ1) is 16.0. The second-order valence-electron chi connectivity index (χ2n) is 6.67. The minimum Gasteiger partial charge on any atom is -0.392 e. The molecule has 0 spiro atoms. The second-order valence-corrected chi connectivity index (χ2v) is 7.58. The summed E-state index contributed by atoms with van der Waals surface area (Å²) in [7, 11) is 0. The zero-order valence-electron chi connectivity index (χ0n) is 12.3. The molecule has 20 heavy (non-hydrogen) atoms. The first-order chi connectivity index (χ1) is 9.41. The molecular formula is C17H24BrFO. The molecule has 1 atom stereocenters. The van der Waals surface area contributed by atoms with E-state index in [1.54, 1.807) is 0 Å². The summed E-state index contributed by atoms with van der Waals surface area (Å²) >= 11 is 3.32. The average molecular weight is 343 g/mol. The summed E-state index contributed by atoms with van der Waals surface area (Å²) in [5.74, 6) is 0.341. The fourth-order valence-corrected chi connectivity index (χ4v) is 4.25. The fourth-order valence-electron chi connectivity index (χ4n) is 3.73. The van der Waals surface area contributed by atoms with Gasteiger partial charge in [-0.3, -0.25) is 0 Å². The third kappa shape index (κ3) is 3.82. The maximum atomic E-state index is 13.4. The number of hydrogen-bond donors (Lipinski definition) is 1. The van der Waals surface area contributed by atoms with E-state index >= 15 is 0 Å². The van der Waals surface area contributed by atoms with Crippen molar-refractivity contribution in [2.45, 2.75) is 58.5 Å². The van der Waals surface area contributed by atoms with Crippen LogP contribution in [0.5, 0.6) is 0 Å². The lowest BCUT2D eigenvalue weighted by molar-refractivity contribution is 0.0133. The first-order valence-electron chi connectivity index (χ1n) is 7.54. The van der Waals surface area contributed by atoms with Gasteiger partial charge in [-0.25, -0.2) is 4.39 Å². The highest BCUT2D eigenvalue weighted by Gasteiger charge is 2.40. The minimum absolute atomic E-state index is 0.0347. The van der Waals surface area contributed by atoms with Crippen LogP contribution in [0.1, 0.15) is 51.5 Å². The van der Waals surface area contributed by atoms with Gasteiger partial charge in [0.2, 0.25) is 0 Å². The summed E-state index contributed by atoms with van der Waals surface area (Å²) < 4.78 is 14.2. The molecule has 0 amide bonds. The molecule has 1 N–H and O–H groups in total. The maximum Gasteiger partial charge on any atom is 0.124 e. The Labute approximate surface area is 129 Å². The van der Waals surface area contributed by atoms with Crippen molar-refractivity contribution in [3.63, 3.8) is 0 Å². The van der Waals surface area contributed by atoms with Crippen LogP contribution in [0.3, 0.4) is 0 Å². The molecule has 2 rings (SSSR count). The van der Waals surface area contributed by atoms with Gasteiger partial charge in [0, 0.05) is 4.47 Å². The number of benzene rings is 1. The predicted octanol–water partition coefficient (Wildman–Crippen LogP) is 5.10. The number of aliphatic hydroxyl groups excluding tert-OH is 1. The number of halogens is 2. The Balaban J connectivity index is 2.14. The number of rotatable bonds is 5. The molecule has 112 valence electrons. The van der Waals surface area contributed by atoms with Crippen LogP contribution in [-0.2, 0) is 6.42 Å². The summed E-state index contributed by atoms with van der Waals surface area (Å²) in [6.45, 7) is 4.43. The molecule has 1 aromatic rings. The van der Waals surface area contributed by atoms with Crippen LogP contribution in [0.15, 0.2) is 22.7 Å². The van der Waals surface area contributed by atoms with Gasteiger partial charge >= 0.3 is 0 Å². The van der Waals surface area contributed by atoms with Crippen molar-refractivity contribution in [3.05, 3.63) is 34.1 Å². The summed E-state index contributed by atoms with van der Waals surface area (Å²) in [6, 6.07) is 4.89. The molecule has 1 saturated carbocycles. The monoisotopic (exact) mass is 342 g/mol. The molecular weight excluding hydrogens is 319 g/mol. The maximum absolute atomic E-state index is 13.4. The fraction of sp³-hybridized carbons (Fsp3) is 0.647. The molecule has 1 aliphatic rings. The van der Waals surface area contributed by atoms with E-state index in [-0.39, 0.29) is 17.3 Å². The summed E-state index contributed by atoms with van der Waals surface area (Å²) in [6.07, 6.45) is 5.84. The Morgan fingerprint density at radius 3 is 2.45 bits per heavy atom. The van der Waals surface area contributed by atoms with Crippen LogP contribution in [0.4, 0.5) is 4.39 Å². The molecule has 1 nitrogen and oxygen atoms in total. The largest absolute Gasteiger partial charge is 0.392 e. The van der Waals surface area contributed by atoms with Crippen LogP contribution in [0.25, 0.3) is 0 Å². The zero-order chi connectivity index (χ0) is 14.8. The third-order valence-corrected chi connectivity index (χ3v) is 4.93. The van der Waals surface area contributed by atoms with Crippen LogP contribution >= 0.6 is 15.9 Å². The van der Waals surface area contributed by atoms with E-state index in [2.05, 4.69) is 29.8 Å². The van der Waals surface area contributed by atoms with E-state index < -0.39 is 0 Å². The van der Waals surface area contributed by atoms with Crippen molar-refractivity contribution in [1.29, 1.82) is 0 Å². The predicted molar refractivity (Wildman–Crippen MR) is 84.2 cm³/mol. The van der Waals surface area contributed by atoms with Gasteiger partial charge in [-0.1, -0.05) is 42.6 Å². The van der Waals surface area contributed by atoms with Crippen molar-refractivity contribution >= 4 is 15.9 Å². The lowest BCUT2D eigenvalue weighted by atomic mass is 9.72. The van der Waals surface area contributed by atoms with E-state index in [0.29, 0.717) is 12.3 Å². The first-order valence-corrected chi connectivity index (χ1v) is 8.34. The lowest BCUT2D eigenvalue weighted by Gasteiger charge is -2.36. The summed E-state index contributed by atoms with van der Waals surface area (Å²) in [5.41, 5.74) is 0.909. The zero-order valence-corrected chi connectivity index (χ0v) is 13.9. The SMILES string of the molecule is CC(C)CC1(C(O)Cc2cc(F)cc(Br)c2)CCCC1. The molecule has 1 unspecified atom stereocenters. The van der Waals surface area contributed by atoms with Crippen LogP contribution in [0, 0.1) is 17.2 Å². The molecule has 0 aliphatic heterocycles. The van der Waals surface area contributed by atoms with Gasteiger partial charge in [0.05, 0.1) is 6.10 Å². The number of hydrogen-bond acceptors (Lipinski definition) is 1. The highest BCUT2D eigenvalue weighted by molar-refractivity contribution is 9.10. The van der Waals surface area contributed by atoms with Crippen molar-refractivity contribution in [2.75, 3.05) is 0 Å². The quantitative estimate of drug-likeness (QED) is 0.789. The Morgan fingerprint density at radius 2 is 1.90 bits per heavy atom. The van der Waals surface area contributed by atoms with Gasteiger partial charge in [0.15, 0.2) is 0 Å². The molecule has 0 heterocycles. The lowest BCUT2D eigenvalue weighted by Crippen LogP contribution is -2.35.